The van der Waals surface area contributed by atoms with Gasteiger partial charge in [0.15, 0.2) is 41.9 Å². The van der Waals surface area contributed by atoms with E-state index < -0.39 is 102 Å². The normalized spacial score (nSPS) is 19.8. The summed E-state index contributed by atoms with van der Waals surface area (Å²) in [4.78, 5) is 34.7. The molecule has 7 nitrogen and oxygen atoms in total. The molecule has 33 heavy (non-hydrogen) atoms. The molecule has 0 fully saturated rings. The largest absolute Gasteiger partial charge is 0.462 e. The van der Waals surface area contributed by atoms with Crippen LogP contribution in [0.4, 0.5) is 43.9 Å². The van der Waals surface area contributed by atoms with E-state index in [-0.39, 0.29) is 0 Å². The van der Waals surface area contributed by atoms with Crippen LogP contribution in [0.25, 0.3) is 0 Å². The maximum atomic E-state index is 13.6. The molecular formula is C15H16F10O7S. The van der Waals surface area contributed by atoms with Crippen LogP contribution < -0.4 is 0 Å². The minimum Gasteiger partial charge on any atom is -0.462 e. The summed E-state index contributed by atoms with van der Waals surface area (Å²) in [5.74, 6) is -7.40. The van der Waals surface area contributed by atoms with Gasteiger partial charge in [0.25, 0.3) is 23.0 Å². The van der Waals surface area contributed by atoms with Crippen molar-refractivity contribution >= 4 is 28.2 Å². The molecule has 0 rings (SSSR count). The van der Waals surface area contributed by atoms with Crippen LogP contribution in [0.2, 0.25) is 0 Å². The highest BCUT2D eigenvalue weighted by atomic mass is 32.2. The fourth-order valence-corrected chi connectivity index (χ4v) is 3.22. The highest BCUT2D eigenvalue weighted by Gasteiger charge is 2.46. The lowest BCUT2D eigenvalue weighted by Crippen LogP contribution is -2.45. The molecule has 0 heterocycles. The predicted octanol–water partition coefficient (Wildman–Crippen LogP) is 2.12. The molecule has 0 aliphatic rings. The first-order chi connectivity index (χ1) is 15.0. The van der Waals surface area contributed by atoms with Gasteiger partial charge in [0.2, 0.25) is 0 Å². The van der Waals surface area contributed by atoms with Crippen molar-refractivity contribution in [2.24, 2.45) is 5.92 Å². The van der Waals surface area contributed by atoms with Gasteiger partial charge in [0.1, 0.15) is 25.0 Å². The summed E-state index contributed by atoms with van der Waals surface area (Å²) in [7, 11) is -5.85. The molecule has 0 aliphatic heterocycles. The van der Waals surface area contributed by atoms with Crippen LogP contribution in [0, 0.1) is 5.92 Å². The molecule has 0 aromatic heterocycles. The van der Waals surface area contributed by atoms with Gasteiger partial charge >= 0.3 is 5.97 Å². The van der Waals surface area contributed by atoms with E-state index in [0.29, 0.717) is 0 Å². The SMILES string of the molecule is O=CC(C(=O)OCC(F)C(F)C(F)C(F)F)C(C(=O)CC(F)C(F)C(F)C(F)F)S(=O)(=O)O. The van der Waals surface area contributed by atoms with Gasteiger partial charge in [-0.15, -0.1) is 0 Å². The second-order valence-electron chi connectivity index (χ2n) is 6.38. The van der Waals surface area contributed by atoms with Gasteiger partial charge in [-0.1, -0.05) is 0 Å². The lowest BCUT2D eigenvalue weighted by molar-refractivity contribution is -0.154. The van der Waals surface area contributed by atoms with Crippen LogP contribution >= 0.6 is 0 Å². The second-order valence-corrected chi connectivity index (χ2v) is 7.91. The van der Waals surface area contributed by atoms with E-state index in [1.54, 1.807) is 0 Å². The molecule has 0 saturated carbocycles. The number of esters is 1. The summed E-state index contributed by atoms with van der Waals surface area (Å²) in [5, 5.41) is -3.29. The number of rotatable bonds is 15. The Morgan fingerprint density at radius 3 is 1.58 bits per heavy atom. The summed E-state index contributed by atoms with van der Waals surface area (Å²) in [5.41, 5.74) is 0. The van der Waals surface area contributed by atoms with E-state index in [9.17, 15) is 66.7 Å². The molecule has 8 unspecified atom stereocenters. The van der Waals surface area contributed by atoms with E-state index >= 15 is 0 Å². The summed E-state index contributed by atoms with van der Waals surface area (Å²) in [6.07, 6.45) is -32.2. The smallest absolute Gasteiger partial charge is 0.318 e. The minimum atomic E-state index is -5.85. The number of aldehydes is 1. The fraction of sp³-hybridized carbons (Fsp3) is 0.800. The standard InChI is InChI=1S/C15H16F10O7S/c16-5(8(18)10(20)13(22)23)1-7(27)12(33(29,30)31)4(2-26)15(28)32-3-6(17)9(19)11(21)14(24)25/h2,4-6,8-14H,1,3H2,(H,29,30,31). The van der Waals surface area contributed by atoms with Crippen molar-refractivity contribution < 1.29 is 76.0 Å². The molecule has 0 amide bonds. The van der Waals surface area contributed by atoms with E-state index in [1.165, 1.54) is 0 Å². The summed E-state index contributed by atoms with van der Waals surface area (Å²) in [6, 6.07) is 0. The van der Waals surface area contributed by atoms with Crippen LogP contribution in [0.5, 0.6) is 0 Å². The van der Waals surface area contributed by atoms with Crippen molar-refractivity contribution in [3.05, 3.63) is 0 Å². The molecule has 194 valence electrons. The second kappa shape index (κ2) is 13.0. The Morgan fingerprint density at radius 2 is 1.21 bits per heavy atom. The molecule has 0 aromatic carbocycles. The molecule has 0 spiro atoms. The summed E-state index contributed by atoms with van der Waals surface area (Å²) in [6.45, 7) is -1.89. The van der Waals surface area contributed by atoms with Gasteiger partial charge in [-0.05, 0) is 0 Å². The maximum absolute atomic E-state index is 13.6. The van der Waals surface area contributed by atoms with Crippen LogP contribution in [0.15, 0.2) is 0 Å². The van der Waals surface area contributed by atoms with Gasteiger partial charge < -0.3 is 9.53 Å². The summed E-state index contributed by atoms with van der Waals surface area (Å²) >= 11 is 0. The first-order valence-electron chi connectivity index (χ1n) is 8.48. The van der Waals surface area contributed by atoms with E-state index in [4.69, 9.17) is 4.55 Å². The van der Waals surface area contributed by atoms with Gasteiger partial charge in [-0.2, -0.15) is 8.42 Å². The Morgan fingerprint density at radius 1 is 0.788 bits per heavy atom. The number of halogens is 10. The van der Waals surface area contributed by atoms with Crippen LogP contribution in [0.3, 0.4) is 0 Å². The lowest BCUT2D eigenvalue weighted by atomic mass is 9.98. The van der Waals surface area contributed by atoms with E-state index in [2.05, 4.69) is 4.74 Å². The summed E-state index contributed by atoms with van der Waals surface area (Å²) < 4.78 is 163. The van der Waals surface area contributed by atoms with Gasteiger partial charge in [-0.25, -0.2) is 43.9 Å². The number of ketones is 1. The molecule has 0 radical (unpaired) electrons. The highest BCUT2D eigenvalue weighted by molar-refractivity contribution is 7.87. The Kier molecular flexibility index (Phi) is 12.3. The Balaban J connectivity index is 5.50. The molecule has 0 bridgehead atoms. The third-order valence-electron chi connectivity index (χ3n) is 3.95. The first-order valence-corrected chi connectivity index (χ1v) is 9.99. The maximum Gasteiger partial charge on any atom is 0.318 e. The van der Waals surface area contributed by atoms with Crippen LogP contribution in [-0.2, 0) is 29.2 Å². The average molecular weight is 530 g/mol. The number of carbonyl (C=O) groups excluding carboxylic acids is 3. The van der Waals surface area contributed by atoms with Crippen LogP contribution in [-0.4, -0.2) is 92.7 Å². The van der Waals surface area contributed by atoms with Crippen molar-refractivity contribution in [3.63, 3.8) is 0 Å². The topological polar surface area (TPSA) is 115 Å². The quantitative estimate of drug-likeness (QED) is 0.113. The monoisotopic (exact) mass is 530 g/mol. The Labute approximate surface area is 179 Å². The number of hydrogen-bond acceptors (Lipinski definition) is 6. The minimum absolute atomic E-state index is 0.729. The van der Waals surface area contributed by atoms with Crippen molar-refractivity contribution in [1.29, 1.82) is 0 Å². The van der Waals surface area contributed by atoms with Gasteiger partial charge in [0.05, 0.1) is 0 Å². The van der Waals surface area contributed by atoms with Gasteiger partial charge in [0, 0.05) is 6.42 Å². The molecule has 8 atom stereocenters. The third-order valence-corrected chi connectivity index (χ3v) is 5.14. The zero-order valence-corrected chi connectivity index (χ0v) is 16.7. The lowest BCUT2D eigenvalue weighted by Gasteiger charge is -2.22. The first kappa shape index (κ1) is 31.0. The number of alkyl halides is 10. The van der Waals surface area contributed by atoms with Crippen molar-refractivity contribution in [2.75, 3.05) is 6.61 Å². The molecule has 0 aliphatic carbocycles. The fourth-order valence-electron chi connectivity index (χ4n) is 2.25. The predicted molar refractivity (Wildman–Crippen MR) is 86.9 cm³/mol. The number of hydrogen-bond donors (Lipinski definition) is 1. The average Bonchev–Trinajstić information content (AvgIpc) is 2.71. The number of carbonyl (C=O) groups is 3. The molecular weight excluding hydrogens is 514 g/mol. The van der Waals surface area contributed by atoms with Crippen molar-refractivity contribution in [1.82, 2.24) is 0 Å². The zero-order valence-electron chi connectivity index (χ0n) is 15.8. The third kappa shape index (κ3) is 9.05. The van der Waals surface area contributed by atoms with Crippen LogP contribution in [0.1, 0.15) is 6.42 Å². The van der Waals surface area contributed by atoms with E-state index in [1.807, 2.05) is 0 Å². The molecule has 1 N–H and O–H groups in total. The molecule has 0 aromatic rings. The zero-order chi connectivity index (χ0) is 26.3. The van der Waals surface area contributed by atoms with Crippen molar-refractivity contribution in [2.45, 2.75) is 61.6 Å². The highest BCUT2D eigenvalue weighted by Crippen LogP contribution is 2.24. The molecule has 0 saturated heterocycles. The van der Waals surface area contributed by atoms with Crippen molar-refractivity contribution in [3.8, 4) is 0 Å². The number of Topliss-reactive ketones (excluding diaryl/α,β-unsaturated/α-hetero) is 1. The van der Waals surface area contributed by atoms with E-state index in [0.717, 1.165) is 0 Å². The van der Waals surface area contributed by atoms with Gasteiger partial charge in [-0.3, -0.25) is 14.1 Å². The Hall–Kier alpha value is -1.98. The molecule has 18 heteroatoms. The number of ether oxygens (including phenoxy) is 1. The Bertz CT molecular complexity index is 768.